The molecule has 8 heteroatoms. The number of likely N-dealkylation sites (tertiary alicyclic amines) is 1. The maximum Gasteiger partial charge on any atom is 0.245 e. The number of likely N-dealkylation sites (N-methyl/N-ethyl adjacent to an activating group) is 1. The van der Waals surface area contributed by atoms with E-state index in [-0.39, 0.29) is 18.0 Å². The third-order valence-electron chi connectivity index (χ3n) is 9.58. The summed E-state index contributed by atoms with van der Waals surface area (Å²) >= 11 is 0. The Bertz CT molecular complexity index is 1690. The number of aromatic amines is 1. The summed E-state index contributed by atoms with van der Waals surface area (Å²) < 4.78 is 0. The quantitative estimate of drug-likeness (QED) is 0.0845. The molecule has 3 N–H and O–H groups in total. The number of allylic oxidation sites excluding steroid dienone is 1. The zero-order chi connectivity index (χ0) is 34.8. The van der Waals surface area contributed by atoms with Crippen LogP contribution < -0.4 is 10.6 Å². The number of hydrogen-bond acceptors (Lipinski definition) is 6. The van der Waals surface area contributed by atoms with Gasteiger partial charge in [-0.15, -0.1) is 0 Å². The van der Waals surface area contributed by atoms with Gasteiger partial charge in [0, 0.05) is 30.9 Å². The normalized spacial score (nSPS) is 15.7. The van der Waals surface area contributed by atoms with Crippen LogP contribution in [0.3, 0.4) is 0 Å². The van der Waals surface area contributed by atoms with E-state index in [0.717, 1.165) is 115 Å². The molecule has 0 saturated carbocycles. The molecule has 1 fully saturated rings. The van der Waals surface area contributed by atoms with Gasteiger partial charge in [-0.05, 0) is 81.7 Å². The molecule has 49 heavy (non-hydrogen) atoms. The number of carbonyl (C=O) groups excluding carboxylic acids is 1. The Morgan fingerprint density at radius 1 is 0.959 bits per heavy atom. The van der Waals surface area contributed by atoms with Gasteiger partial charge >= 0.3 is 0 Å². The highest BCUT2D eigenvalue weighted by molar-refractivity contribution is 5.84. The maximum atomic E-state index is 14.2. The van der Waals surface area contributed by atoms with E-state index in [9.17, 15) is 4.79 Å². The van der Waals surface area contributed by atoms with Crippen molar-refractivity contribution < 1.29 is 4.79 Å². The second-order valence-electron chi connectivity index (χ2n) is 12.8. The van der Waals surface area contributed by atoms with Crippen LogP contribution in [0.15, 0.2) is 89.6 Å². The van der Waals surface area contributed by atoms with Crippen LogP contribution in [-0.2, 0) is 4.79 Å². The predicted molar refractivity (Wildman–Crippen MR) is 203 cm³/mol. The van der Waals surface area contributed by atoms with Crippen LogP contribution in [-0.4, -0.2) is 71.7 Å². The molecule has 0 unspecified atom stereocenters. The van der Waals surface area contributed by atoms with E-state index in [2.05, 4.69) is 125 Å². The molecule has 0 aliphatic carbocycles. The molecule has 0 spiro atoms. The third-order valence-corrected chi connectivity index (χ3v) is 9.58. The lowest BCUT2D eigenvalue weighted by molar-refractivity contribution is -0.138. The average molecular weight is 660 g/mol. The number of nitrogens with zero attached hydrogens (tertiary/aromatic N) is 4. The van der Waals surface area contributed by atoms with Crippen LogP contribution in [0.1, 0.15) is 81.7 Å². The van der Waals surface area contributed by atoms with Crippen molar-refractivity contribution in [1.29, 1.82) is 0 Å². The largest absolute Gasteiger partial charge is 0.382 e. The first kappa shape index (κ1) is 35.8. The number of imidazole rings is 1. The summed E-state index contributed by atoms with van der Waals surface area (Å²) in [7, 11) is 0. The summed E-state index contributed by atoms with van der Waals surface area (Å²) in [6.45, 7) is 19.3. The highest BCUT2D eigenvalue weighted by atomic mass is 16.2. The molecule has 2 heterocycles. The van der Waals surface area contributed by atoms with E-state index >= 15 is 0 Å². The molecule has 8 nitrogen and oxygen atoms in total. The molecule has 5 rings (SSSR count). The average Bonchev–Trinajstić information content (AvgIpc) is 3.79. The van der Waals surface area contributed by atoms with Crippen LogP contribution in [0.25, 0.3) is 28.1 Å². The van der Waals surface area contributed by atoms with Gasteiger partial charge in [0.15, 0.2) is 0 Å². The summed E-state index contributed by atoms with van der Waals surface area (Å²) in [5.41, 5.74) is 9.30. The molecule has 2 atom stereocenters. The number of benzene rings is 3. The summed E-state index contributed by atoms with van der Waals surface area (Å²) in [6.07, 6.45) is 2.98. The van der Waals surface area contributed by atoms with Crippen molar-refractivity contribution in [2.75, 3.05) is 39.3 Å². The maximum absolute atomic E-state index is 14.2. The highest BCUT2D eigenvalue weighted by Crippen LogP contribution is 2.36. The van der Waals surface area contributed by atoms with E-state index in [0.29, 0.717) is 0 Å². The van der Waals surface area contributed by atoms with Gasteiger partial charge in [-0.25, -0.2) is 4.98 Å². The van der Waals surface area contributed by atoms with Crippen molar-refractivity contribution in [2.45, 2.75) is 66.0 Å². The Morgan fingerprint density at radius 2 is 1.61 bits per heavy atom. The molecule has 258 valence electrons. The van der Waals surface area contributed by atoms with Gasteiger partial charge in [-0.1, -0.05) is 99.6 Å². The van der Waals surface area contributed by atoms with E-state index in [1.165, 1.54) is 0 Å². The van der Waals surface area contributed by atoms with Gasteiger partial charge in [0.2, 0.25) is 5.91 Å². The van der Waals surface area contributed by atoms with E-state index < -0.39 is 0 Å². The van der Waals surface area contributed by atoms with Gasteiger partial charge < -0.3 is 20.5 Å². The minimum absolute atomic E-state index is 0.0690. The van der Waals surface area contributed by atoms with Crippen molar-refractivity contribution >= 4 is 18.3 Å². The third kappa shape index (κ3) is 8.38. The molecular weight excluding hydrogens is 606 g/mol. The first-order valence-corrected chi connectivity index (χ1v) is 17.9. The fourth-order valence-corrected chi connectivity index (χ4v) is 6.87. The lowest BCUT2D eigenvalue weighted by Gasteiger charge is -2.34. The van der Waals surface area contributed by atoms with Crippen LogP contribution in [0.4, 0.5) is 0 Å². The van der Waals surface area contributed by atoms with Gasteiger partial charge in [0.1, 0.15) is 11.9 Å². The fraction of sp³-hybridized carbons (Fsp3) is 0.390. The van der Waals surface area contributed by atoms with E-state index in [1.54, 1.807) is 0 Å². The Balaban J connectivity index is 1.31. The summed E-state index contributed by atoms with van der Waals surface area (Å²) in [5.74, 6) is 1.02. The Morgan fingerprint density at radius 3 is 2.24 bits per heavy atom. The second-order valence-corrected chi connectivity index (χ2v) is 12.8. The molecule has 0 radical (unpaired) electrons. The number of H-pyrrole nitrogens is 1. The Kier molecular flexibility index (Phi) is 12.6. The van der Waals surface area contributed by atoms with Crippen molar-refractivity contribution in [1.82, 2.24) is 30.4 Å². The van der Waals surface area contributed by atoms with Crippen LogP contribution in [0.5, 0.6) is 0 Å². The minimum Gasteiger partial charge on any atom is -0.382 e. The first-order chi connectivity index (χ1) is 23.9. The molecule has 3 aromatic carbocycles. The zero-order valence-corrected chi connectivity index (χ0v) is 29.9. The number of carbonyl (C=O) groups is 1. The molecular formula is C41H53N7O. The fourth-order valence-electron chi connectivity index (χ4n) is 6.87. The van der Waals surface area contributed by atoms with Crippen molar-refractivity contribution in [3.05, 3.63) is 107 Å². The number of hydrogen-bond donors (Lipinski definition) is 3. The highest BCUT2D eigenvalue weighted by Gasteiger charge is 2.38. The topological polar surface area (TPSA) is 88.7 Å². The zero-order valence-electron chi connectivity index (χ0n) is 29.9. The summed E-state index contributed by atoms with van der Waals surface area (Å²) in [4.78, 5) is 31.4. The molecule has 1 aliphatic rings. The van der Waals surface area contributed by atoms with Gasteiger partial charge in [0.05, 0.1) is 23.1 Å². The smallest absolute Gasteiger partial charge is 0.245 e. The standard InChI is InChI=1S/C41H53N7O/c1-7-25-43-26-27-44-37(29(4)42-6)33-21-17-31(18-22-33)32-19-23-34(24-20-32)38-30(5)45-40(46-38)36-16-13-28-48(36)41(49)39(47(8-2)9-3)35-14-11-10-12-15-35/h10-12,14-15,17-24,36,39,43-44H,6-9,13,16,25-28H2,1-5H3,(H,45,46)/b37-29-/t36-,39+/m0/s1. The molecule has 1 saturated heterocycles. The molecule has 4 aromatic rings. The number of rotatable bonds is 16. The van der Waals surface area contributed by atoms with Crippen LogP contribution in [0.2, 0.25) is 0 Å². The molecule has 0 bridgehead atoms. The van der Waals surface area contributed by atoms with Gasteiger partial charge in [-0.3, -0.25) is 14.7 Å². The number of aryl methyl sites for hydroxylation is 1. The predicted octanol–water partition coefficient (Wildman–Crippen LogP) is 7.78. The second kappa shape index (κ2) is 17.2. The lowest BCUT2D eigenvalue weighted by Crippen LogP contribution is -2.43. The number of amides is 1. The summed E-state index contributed by atoms with van der Waals surface area (Å²) in [5, 5.41) is 6.97. The number of aliphatic imine (C=N–C) groups is 1. The lowest BCUT2D eigenvalue weighted by atomic mass is 10.00. The van der Waals surface area contributed by atoms with Crippen LogP contribution >= 0.6 is 0 Å². The van der Waals surface area contributed by atoms with Gasteiger partial charge in [-0.2, -0.15) is 0 Å². The molecule has 1 aliphatic heterocycles. The Hall–Kier alpha value is -4.53. The molecule has 1 amide bonds. The number of nitrogens with one attached hydrogen (secondary N) is 3. The monoisotopic (exact) mass is 659 g/mol. The number of aromatic nitrogens is 2. The summed E-state index contributed by atoms with van der Waals surface area (Å²) in [6, 6.07) is 27.0. The van der Waals surface area contributed by atoms with Crippen molar-refractivity contribution in [3.8, 4) is 22.4 Å². The van der Waals surface area contributed by atoms with Crippen molar-refractivity contribution in [3.63, 3.8) is 0 Å². The Labute approximate surface area is 292 Å². The first-order valence-electron chi connectivity index (χ1n) is 17.9. The van der Waals surface area contributed by atoms with Gasteiger partial charge in [0.25, 0.3) is 0 Å². The minimum atomic E-state index is -0.302. The van der Waals surface area contributed by atoms with Crippen molar-refractivity contribution in [2.24, 2.45) is 4.99 Å². The van der Waals surface area contributed by atoms with E-state index in [4.69, 9.17) is 4.98 Å². The SMILES string of the molecule is C=N/C(C)=C(\NCCNCCC)c1ccc(-c2ccc(-c3nc([C@@H]4CCCN4C(=O)[C@@H](c4ccccc4)N(CC)CC)[nH]c3C)cc2)cc1. The van der Waals surface area contributed by atoms with Crippen LogP contribution in [0, 0.1) is 6.92 Å². The van der Waals surface area contributed by atoms with E-state index in [1.807, 2.05) is 25.1 Å². The molecule has 1 aromatic heterocycles.